The molecule has 0 bridgehead atoms. The summed E-state index contributed by atoms with van der Waals surface area (Å²) in [5.74, 6) is 0.0586. The van der Waals surface area contributed by atoms with Gasteiger partial charge in [-0.15, -0.1) is 11.3 Å². The number of anilines is 1. The number of urea groups is 1. The van der Waals surface area contributed by atoms with Crippen molar-refractivity contribution in [1.82, 2.24) is 15.6 Å². The molecule has 0 radical (unpaired) electrons. The third-order valence-electron chi connectivity index (χ3n) is 4.10. The molecule has 1 saturated carbocycles. The van der Waals surface area contributed by atoms with E-state index in [9.17, 15) is 4.79 Å². The number of nitrogens with two attached hydrogens (primary N) is 2. The van der Waals surface area contributed by atoms with E-state index < -0.39 is 0 Å². The van der Waals surface area contributed by atoms with E-state index in [2.05, 4.69) is 20.6 Å². The molecule has 1 aliphatic carbocycles. The molecule has 1 aliphatic rings. The van der Waals surface area contributed by atoms with Crippen LogP contribution < -0.4 is 22.1 Å². The number of rotatable bonds is 3. The van der Waals surface area contributed by atoms with Crippen LogP contribution in [0.5, 0.6) is 0 Å². The number of nitrogen functional groups attached to an aromatic ring is 1. The van der Waals surface area contributed by atoms with E-state index >= 15 is 0 Å². The lowest BCUT2D eigenvalue weighted by atomic mass is 9.96. The van der Waals surface area contributed by atoms with Gasteiger partial charge in [-0.2, -0.15) is 0 Å². The number of hydrogen-bond donors (Lipinski definition) is 4. The summed E-state index contributed by atoms with van der Waals surface area (Å²) in [6.07, 6.45) is 5.59. The minimum atomic E-state index is -0.309. The van der Waals surface area contributed by atoms with Crippen molar-refractivity contribution < 1.29 is 4.79 Å². The first kappa shape index (κ1) is 17.2. The summed E-state index contributed by atoms with van der Waals surface area (Å²) in [6.45, 7) is 0. The number of hydrogen-bond acceptors (Lipinski definition) is 5. The van der Waals surface area contributed by atoms with Gasteiger partial charge in [-0.05, 0) is 25.0 Å². The highest BCUT2D eigenvalue weighted by Crippen LogP contribution is 2.26. The van der Waals surface area contributed by atoms with Gasteiger partial charge in [-0.25, -0.2) is 14.8 Å². The van der Waals surface area contributed by atoms with Crippen molar-refractivity contribution >= 4 is 34.1 Å². The van der Waals surface area contributed by atoms with Crippen LogP contribution in [0.3, 0.4) is 0 Å². The standard InChI is InChI=1S/C17H22N6OS/c18-15(23-17(24)21-12-6-2-1-3-7-12)20-13-8-4-5-11(9-13)14-10-25-16(19)22-14/h4-5,8-10,12H,1-3,6-7H2,(H2,19,22)(H4,18,20,21,23,24). The lowest BCUT2D eigenvalue weighted by molar-refractivity contribution is 0.237. The Bertz CT molecular complexity index is 766. The van der Waals surface area contributed by atoms with Crippen LogP contribution in [-0.2, 0) is 0 Å². The molecule has 132 valence electrons. The maximum Gasteiger partial charge on any atom is 0.321 e. The molecule has 7 nitrogen and oxygen atoms in total. The number of carbonyl (C=O) groups excluding carboxylic acids is 1. The van der Waals surface area contributed by atoms with Crippen molar-refractivity contribution in [1.29, 1.82) is 0 Å². The summed E-state index contributed by atoms with van der Waals surface area (Å²) < 4.78 is 0. The molecule has 0 aliphatic heterocycles. The summed E-state index contributed by atoms with van der Waals surface area (Å²) in [7, 11) is 0. The van der Waals surface area contributed by atoms with Crippen LogP contribution in [0.25, 0.3) is 11.3 Å². The molecular weight excluding hydrogens is 336 g/mol. The zero-order valence-corrected chi connectivity index (χ0v) is 14.7. The first-order chi connectivity index (χ1) is 12.1. The largest absolute Gasteiger partial charge is 0.375 e. The quantitative estimate of drug-likeness (QED) is 0.498. The summed E-state index contributed by atoms with van der Waals surface area (Å²) in [5.41, 5.74) is 13.8. The zero-order valence-electron chi connectivity index (χ0n) is 13.9. The first-order valence-corrected chi connectivity index (χ1v) is 9.21. The Balaban J connectivity index is 1.62. The van der Waals surface area contributed by atoms with Crippen LogP contribution in [0.4, 0.5) is 15.6 Å². The Kier molecular flexibility index (Phi) is 5.49. The average molecular weight is 358 g/mol. The summed E-state index contributed by atoms with van der Waals surface area (Å²) >= 11 is 1.38. The maximum absolute atomic E-state index is 12.0. The molecule has 1 aromatic heterocycles. The minimum Gasteiger partial charge on any atom is -0.375 e. The monoisotopic (exact) mass is 358 g/mol. The molecular formula is C17H22N6OS. The highest BCUT2D eigenvalue weighted by atomic mass is 32.1. The number of nitrogens with one attached hydrogen (secondary N) is 2. The molecule has 2 aromatic rings. The SMILES string of the molecule is NC(=Nc1cccc(-c2csc(N)n2)c1)NC(=O)NC1CCCCC1. The first-order valence-electron chi connectivity index (χ1n) is 8.33. The minimum absolute atomic E-state index is 0.0586. The third-order valence-corrected chi connectivity index (χ3v) is 4.77. The van der Waals surface area contributed by atoms with Crippen molar-refractivity contribution in [2.24, 2.45) is 10.7 Å². The normalized spacial score (nSPS) is 15.8. The van der Waals surface area contributed by atoms with Crippen LogP contribution in [-0.4, -0.2) is 23.0 Å². The lowest BCUT2D eigenvalue weighted by Gasteiger charge is -2.22. The van der Waals surface area contributed by atoms with E-state index in [-0.39, 0.29) is 18.0 Å². The van der Waals surface area contributed by atoms with Crippen molar-refractivity contribution in [3.63, 3.8) is 0 Å². The molecule has 0 unspecified atom stereocenters. The Hall–Kier alpha value is -2.61. The number of aromatic nitrogens is 1. The van der Waals surface area contributed by atoms with E-state index in [1.54, 1.807) is 0 Å². The number of carbonyl (C=O) groups is 1. The van der Waals surface area contributed by atoms with Crippen LogP contribution in [0.2, 0.25) is 0 Å². The van der Waals surface area contributed by atoms with Gasteiger partial charge in [0.15, 0.2) is 5.13 Å². The van der Waals surface area contributed by atoms with E-state index in [4.69, 9.17) is 11.5 Å². The Morgan fingerprint density at radius 2 is 2.08 bits per heavy atom. The van der Waals surface area contributed by atoms with Gasteiger partial charge in [-0.3, -0.25) is 5.32 Å². The van der Waals surface area contributed by atoms with E-state index in [0.29, 0.717) is 10.8 Å². The highest BCUT2D eigenvalue weighted by Gasteiger charge is 2.15. The smallest absolute Gasteiger partial charge is 0.321 e. The number of benzene rings is 1. The van der Waals surface area contributed by atoms with E-state index in [1.807, 2.05) is 29.6 Å². The molecule has 3 rings (SSSR count). The number of guanidine groups is 1. The van der Waals surface area contributed by atoms with Crippen molar-refractivity contribution in [3.05, 3.63) is 29.6 Å². The molecule has 0 saturated heterocycles. The maximum atomic E-state index is 12.0. The third kappa shape index (κ3) is 4.93. The molecule has 1 aromatic carbocycles. The molecule has 1 fully saturated rings. The Labute approximate surface area is 150 Å². The second kappa shape index (κ2) is 7.98. The van der Waals surface area contributed by atoms with Crippen LogP contribution in [0.15, 0.2) is 34.6 Å². The molecule has 0 atom stereocenters. The van der Waals surface area contributed by atoms with Gasteiger partial charge < -0.3 is 16.8 Å². The van der Waals surface area contributed by atoms with Gasteiger partial charge in [0.2, 0.25) is 5.96 Å². The Morgan fingerprint density at radius 3 is 2.80 bits per heavy atom. The average Bonchev–Trinajstić information content (AvgIpc) is 3.02. The fourth-order valence-electron chi connectivity index (χ4n) is 2.91. The molecule has 8 heteroatoms. The van der Waals surface area contributed by atoms with Crippen LogP contribution in [0.1, 0.15) is 32.1 Å². The van der Waals surface area contributed by atoms with Crippen LogP contribution >= 0.6 is 11.3 Å². The molecule has 0 spiro atoms. The topological polar surface area (TPSA) is 118 Å². The van der Waals surface area contributed by atoms with Gasteiger partial charge in [0.05, 0.1) is 11.4 Å². The molecule has 2 amide bonds. The van der Waals surface area contributed by atoms with Crippen molar-refractivity contribution in [2.75, 3.05) is 5.73 Å². The van der Waals surface area contributed by atoms with Crippen LogP contribution in [0, 0.1) is 0 Å². The fourth-order valence-corrected chi connectivity index (χ4v) is 3.48. The summed E-state index contributed by atoms with van der Waals surface area (Å²) in [6, 6.07) is 7.36. The predicted octanol–water partition coefficient (Wildman–Crippen LogP) is 2.97. The van der Waals surface area contributed by atoms with Gasteiger partial charge in [0.25, 0.3) is 0 Å². The van der Waals surface area contributed by atoms with Crippen molar-refractivity contribution in [3.8, 4) is 11.3 Å². The second-order valence-electron chi connectivity index (χ2n) is 6.05. The van der Waals surface area contributed by atoms with Gasteiger partial charge in [-0.1, -0.05) is 31.4 Å². The number of nitrogens with zero attached hydrogens (tertiary/aromatic N) is 2. The summed E-state index contributed by atoms with van der Waals surface area (Å²) in [5, 5.41) is 7.93. The number of aliphatic imine (C=N–C) groups is 1. The lowest BCUT2D eigenvalue weighted by Crippen LogP contribution is -2.47. The second-order valence-corrected chi connectivity index (χ2v) is 6.94. The summed E-state index contributed by atoms with van der Waals surface area (Å²) in [4.78, 5) is 20.5. The number of thiazole rings is 1. The zero-order chi connectivity index (χ0) is 17.6. The van der Waals surface area contributed by atoms with Gasteiger partial charge in [0, 0.05) is 17.0 Å². The van der Waals surface area contributed by atoms with Gasteiger partial charge >= 0.3 is 6.03 Å². The molecule has 1 heterocycles. The van der Waals surface area contributed by atoms with Gasteiger partial charge in [0.1, 0.15) is 0 Å². The molecule has 25 heavy (non-hydrogen) atoms. The van der Waals surface area contributed by atoms with Crippen molar-refractivity contribution in [2.45, 2.75) is 38.1 Å². The highest BCUT2D eigenvalue weighted by molar-refractivity contribution is 7.13. The fraction of sp³-hybridized carbons (Fsp3) is 0.353. The van der Waals surface area contributed by atoms with E-state index in [1.165, 1.54) is 17.8 Å². The number of amides is 2. The van der Waals surface area contributed by atoms with E-state index in [0.717, 1.165) is 36.9 Å². The Morgan fingerprint density at radius 1 is 1.28 bits per heavy atom. The predicted molar refractivity (Wildman–Crippen MR) is 102 cm³/mol. The molecule has 6 N–H and O–H groups in total.